The third-order valence-corrected chi connectivity index (χ3v) is 8.05. The van der Waals surface area contributed by atoms with Crippen molar-refractivity contribution in [2.75, 3.05) is 51.0 Å². The molecule has 3 heterocycles. The second kappa shape index (κ2) is 11.0. The number of thioether (sulfide) groups is 1. The van der Waals surface area contributed by atoms with Crippen LogP contribution in [-0.4, -0.2) is 73.3 Å². The van der Waals surface area contributed by atoms with Crippen LogP contribution in [0, 0.1) is 0 Å². The van der Waals surface area contributed by atoms with Crippen LogP contribution in [0.2, 0.25) is 5.02 Å². The molecule has 3 aliphatic rings. The van der Waals surface area contributed by atoms with Crippen LogP contribution >= 0.6 is 23.4 Å². The fourth-order valence-electron chi connectivity index (χ4n) is 4.78. The normalized spacial score (nSPS) is 20.4. The highest BCUT2D eigenvalue weighted by atomic mass is 35.5. The summed E-state index contributed by atoms with van der Waals surface area (Å²) in [6.45, 7) is 6.17. The minimum Gasteiger partial charge on any atom is -0.496 e. The highest BCUT2D eigenvalue weighted by molar-refractivity contribution is 8.04. The van der Waals surface area contributed by atoms with Crippen LogP contribution in [0.3, 0.4) is 0 Å². The lowest BCUT2D eigenvalue weighted by Gasteiger charge is -2.40. The molecular formula is C24H32ClN3O4S. The Morgan fingerprint density at radius 1 is 1.15 bits per heavy atom. The topological polar surface area (TPSA) is 71.1 Å². The van der Waals surface area contributed by atoms with Gasteiger partial charge in [-0.15, -0.1) is 11.8 Å². The third kappa shape index (κ3) is 5.61. The number of carbonyl (C=O) groups excluding carboxylic acids is 2. The van der Waals surface area contributed by atoms with Crippen LogP contribution < -0.4 is 10.1 Å². The first-order chi connectivity index (χ1) is 16.0. The van der Waals surface area contributed by atoms with E-state index in [-0.39, 0.29) is 11.8 Å². The van der Waals surface area contributed by atoms with Gasteiger partial charge in [0.15, 0.2) is 0 Å². The predicted molar refractivity (Wildman–Crippen MR) is 132 cm³/mol. The average molecular weight is 494 g/mol. The highest BCUT2D eigenvalue weighted by Gasteiger charge is 2.30. The van der Waals surface area contributed by atoms with E-state index in [9.17, 15) is 9.59 Å². The molecule has 2 amide bonds. The van der Waals surface area contributed by atoms with E-state index in [1.807, 2.05) is 4.90 Å². The Bertz CT molecular complexity index is 925. The molecular weight excluding hydrogens is 462 g/mol. The summed E-state index contributed by atoms with van der Waals surface area (Å²) < 4.78 is 11.0. The summed E-state index contributed by atoms with van der Waals surface area (Å²) in [6, 6.07) is 3.79. The Morgan fingerprint density at radius 2 is 1.88 bits per heavy atom. The molecule has 33 heavy (non-hydrogen) atoms. The second-order valence-electron chi connectivity index (χ2n) is 8.69. The van der Waals surface area contributed by atoms with Crippen molar-refractivity contribution in [3.63, 3.8) is 0 Å². The van der Waals surface area contributed by atoms with Crippen molar-refractivity contribution in [3.8, 4) is 5.75 Å². The zero-order valence-corrected chi connectivity index (χ0v) is 20.9. The standard InChI is InChI=1S/C24H32ClN3O4S/c1-16-22(33-13-12-32-16)23(29)26-20-15-21(31-2)18(14-19(20)25)24(30)28-10-6-17(7-11-28)27-8-4-3-5-9-27/h14-15,17H,3-13H2,1-2H3,(H,26,29). The van der Waals surface area contributed by atoms with E-state index < -0.39 is 0 Å². The summed E-state index contributed by atoms with van der Waals surface area (Å²) in [5, 5.41) is 3.13. The van der Waals surface area contributed by atoms with Gasteiger partial charge in [0, 0.05) is 31.0 Å². The van der Waals surface area contributed by atoms with Crippen molar-refractivity contribution in [2.45, 2.75) is 45.1 Å². The quantitative estimate of drug-likeness (QED) is 0.656. The molecule has 1 aromatic carbocycles. The Balaban J connectivity index is 1.44. The Hall–Kier alpha value is -1.90. The zero-order valence-electron chi connectivity index (χ0n) is 19.3. The zero-order chi connectivity index (χ0) is 23.4. The van der Waals surface area contributed by atoms with Gasteiger partial charge in [0.2, 0.25) is 0 Å². The number of ether oxygens (including phenoxy) is 2. The molecule has 0 spiro atoms. The minimum atomic E-state index is -0.278. The van der Waals surface area contributed by atoms with E-state index in [1.165, 1.54) is 51.2 Å². The van der Waals surface area contributed by atoms with Gasteiger partial charge in [-0.3, -0.25) is 9.59 Å². The number of piperidine rings is 2. The monoisotopic (exact) mass is 493 g/mol. The summed E-state index contributed by atoms with van der Waals surface area (Å²) in [6.07, 6.45) is 5.86. The van der Waals surface area contributed by atoms with Crippen molar-refractivity contribution < 1.29 is 19.1 Å². The number of likely N-dealkylation sites (tertiary alicyclic amines) is 2. The third-order valence-electron chi connectivity index (χ3n) is 6.60. The van der Waals surface area contributed by atoms with Crippen molar-refractivity contribution >= 4 is 40.9 Å². The van der Waals surface area contributed by atoms with Crippen LogP contribution in [0.25, 0.3) is 0 Å². The number of allylic oxidation sites excluding steroid dienone is 1. The molecule has 0 saturated carbocycles. The number of hydrogen-bond acceptors (Lipinski definition) is 6. The lowest BCUT2D eigenvalue weighted by molar-refractivity contribution is -0.112. The van der Waals surface area contributed by atoms with Gasteiger partial charge < -0.3 is 24.6 Å². The lowest BCUT2D eigenvalue weighted by Crippen LogP contribution is -2.48. The number of nitrogens with one attached hydrogen (secondary N) is 1. The Kier molecular flexibility index (Phi) is 8.09. The smallest absolute Gasteiger partial charge is 0.265 e. The number of amides is 2. The van der Waals surface area contributed by atoms with Gasteiger partial charge in [0.05, 0.1) is 30.0 Å². The van der Waals surface area contributed by atoms with E-state index in [0.717, 1.165) is 31.7 Å². The van der Waals surface area contributed by atoms with Crippen molar-refractivity contribution in [3.05, 3.63) is 33.4 Å². The number of anilines is 1. The molecule has 0 bridgehead atoms. The maximum absolute atomic E-state index is 13.3. The number of rotatable bonds is 5. The summed E-state index contributed by atoms with van der Waals surface area (Å²) in [5.74, 6) is 1.36. The van der Waals surface area contributed by atoms with Gasteiger partial charge in [0.25, 0.3) is 11.8 Å². The van der Waals surface area contributed by atoms with Crippen LogP contribution in [0.15, 0.2) is 22.8 Å². The van der Waals surface area contributed by atoms with Crippen molar-refractivity contribution in [1.82, 2.24) is 9.80 Å². The van der Waals surface area contributed by atoms with Gasteiger partial charge in [0.1, 0.15) is 16.4 Å². The molecule has 0 atom stereocenters. The van der Waals surface area contributed by atoms with E-state index >= 15 is 0 Å². The van der Waals surface area contributed by atoms with E-state index in [0.29, 0.717) is 45.3 Å². The van der Waals surface area contributed by atoms with Gasteiger partial charge >= 0.3 is 0 Å². The number of nitrogens with zero attached hydrogens (tertiary/aromatic N) is 2. The first-order valence-electron chi connectivity index (χ1n) is 11.7. The van der Waals surface area contributed by atoms with Gasteiger partial charge in [-0.05, 0) is 51.8 Å². The molecule has 2 saturated heterocycles. The number of benzene rings is 1. The first kappa shape index (κ1) is 24.2. The van der Waals surface area contributed by atoms with Gasteiger partial charge in [-0.2, -0.15) is 0 Å². The highest BCUT2D eigenvalue weighted by Crippen LogP contribution is 2.34. The molecule has 2 fully saturated rings. The maximum Gasteiger partial charge on any atom is 0.265 e. The maximum atomic E-state index is 13.3. The van der Waals surface area contributed by atoms with Crippen molar-refractivity contribution in [1.29, 1.82) is 0 Å². The van der Waals surface area contributed by atoms with Crippen molar-refractivity contribution in [2.24, 2.45) is 0 Å². The second-order valence-corrected chi connectivity index (χ2v) is 10.2. The number of hydrogen-bond donors (Lipinski definition) is 1. The summed E-state index contributed by atoms with van der Waals surface area (Å²) in [4.78, 5) is 31.0. The molecule has 7 nitrogen and oxygen atoms in total. The fraction of sp³-hybridized carbons (Fsp3) is 0.583. The molecule has 180 valence electrons. The van der Waals surface area contributed by atoms with Crippen LogP contribution in [0.1, 0.15) is 49.4 Å². The van der Waals surface area contributed by atoms with Crippen LogP contribution in [-0.2, 0) is 9.53 Å². The fourth-order valence-corrected chi connectivity index (χ4v) is 5.81. The number of carbonyl (C=O) groups is 2. The SMILES string of the molecule is COc1cc(NC(=O)C2=C(C)OCCS2)c(Cl)cc1C(=O)N1CCC(N2CCCCC2)CC1. The van der Waals surface area contributed by atoms with Crippen LogP contribution in [0.5, 0.6) is 5.75 Å². The Labute approximate surface area is 204 Å². The van der Waals surface area contributed by atoms with Gasteiger partial charge in [-0.1, -0.05) is 18.0 Å². The molecule has 3 aliphatic heterocycles. The van der Waals surface area contributed by atoms with E-state index in [2.05, 4.69) is 10.2 Å². The molecule has 0 aliphatic carbocycles. The number of halogens is 1. The largest absolute Gasteiger partial charge is 0.496 e. The lowest BCUT2D eigenvalue weighted by atomic mass is 9.99. The molecule has 9 heteroatoms. The molecule has 0 radical (unpaired) electrons. The molecule has 0 unspecified atom stereocenters. The number of methoxy groups -OCH3 is 1. The molecule has 1 N–H and O–H groups in total. The van der Waals surface area contributed by atoms with E-state index in [4.69, 9.17) is 21.1 Å². The predicted octanol–water partition coefficient (Wildman–Crippen LogP) is 4.37. The summed E-state index contributed by atoms with van der Waals surface area (Å²) in [7, 11) is 1.52. The van der Waals surface area contributed by atoms with Crippen LogP contribution in [0.4, 0.5) is 5.69 Å². The van der Waals surface area contributed by atoms with E-state index in [1.54, 1.807) is 19.1 Å². The first-order valence-corrected chi connectivity index (χ1v) is 13.0. The average Bonchev–Trinajstić information content (AvgIpc) is 2.85. The summed E-state index contributed by atoms with van der Waals surface area (Å²) in [5.41, 5.74) is 0.827. The minimum absolute atomic E-state index is 0.0847. The summed E-state index contributed by atoms with van der Waals surface area (Å²) >= 11 is 7.94. The molecule has 0 aromatic heterocycles. The Morgan fingerprint density at radius 3 is 2.55 bits per heavy atom. The van der Waals surface area contributed by atoms with Gasteiger partial charge in [-0.25, -0.2) is 0 Å². The molecule has 1 aromatic rings. The molecule has 4 rings (SSSR count).